The van der Waals surface area contributed by atoms with Crippen LogP contribution in [-0.4, -0.2) is 58.3 Å². The smallest absolute Gasteiger partial charge is 0.379 e. The summed E-state index contributed by atoms with van der Waals surface area (Å²) >= 11 is 0. The molecule has 3 rings (SSSR count). The Labute approximate surface area is 176 Å². The Morgan fingerprint density at radius 2 is 1.94 bits per heavy atom. The Morgan fingerprint density at radius 1 is 1.19 bits per heavy atom. The number of nitrogens with zero attached hydrogens (tertiary/aromatic N) is 4. The molecule has 1 aliphatic rings. The number of hydrogen-bond donors (Lipinski definition) is 1. The van der Waals surface area contributed by atoms with E-state index in [4.69, 9.17) is 0 Å². The molecule has 1 aromatic heterocycles. The fourth-order valence-electron chi connectivity index (χ4n) is 3.38. The molecule has 1 aliphatic heterocycles. The van der Waals surface area contributed by atoms with Gasteiger partial charge in [0.2, 0.25) is 5.91 Å². The van der Waals surface area contributed by atoms with Gasteiger partial charge in [0, 0.05) is 64.1 Å². The van der Waals surface area contributed by atoms with Crippen LogP contribution in [0.3, 0.4) is 0 Å². The predicted octanol–water partition coefficient (Wildman–Crippen LogP) is 3.16. The first-order valence-electron chi connectivity index (χ1n) is 9.72. The van der Waals surface area contributed by atoms with Crippen molar-refractivity contribution >= 4 is 17.3 Å². The monoisotopic (exact) mass is 437 g/mol. The second kappa shape index (κ2) is 9.73. The maximum absolute atomic E-state index is 12.8. The van der Waals surface area contributed by atoms with Crippen LogP contribution in [0.1, 0.15) is 17.5 Å². The standard InChI is InChI=1S/C20H22F3N5O3/c21-20(22,23)16-3-4-17(18(12-16)28(30)31)25-7-5-19(29)27-10-8-26(9-11-27)14-15-2-1-6-24-13-15/h1-4,6,12-13,25H,5,7-11,14H2. The average molecular weight is 437 g/mol. The van der Waals surface area contributed by atoms with Crippen molar-refractivity contribution in [1.29, 1.82) is 0 Å². The number of aromatic nitrogens is 1. The summed E-state index contributed by atoms with van der Waals surface area (Å²) in [4.78, 5) is 30.7. The first kappa shape index (κ1) is 22.5. The van der Waals surface area contributed by atoms with Gasteiger partial charge in [-0.05, 0) is 23.8 Å². The number of hydrogen-bond acceptors (Lipinski definition) is 6. The number of benzene rings is 1. The Kier molecular flexibility index (Phi) is 7.06. The third-order valence-electron chi connectivity index (χ3n) is 5.03. The molecule has 1 fully saturated rings. The summed E-state index contributed by atoms with van der Waals surface area (Å²) in [5.41, 5.74) is -0.715. The van der Waals surface area contributed by atoms with Gasteiger partial charge in [-0.3, -0.25) is 24.8 Å². The Bertz CT molecular complexity index is 916. The van der Waals surface area contributed by atoms with E-state index in [0.717, 1.165) is 37.3 Å². The van der Waals surface area contributed by atoms with Crippen LogP contribution < -0.4 is 5.32 Å². The molecule has 1 aromatic carbocycles. The van der Waals surface area contributed by atoms with Gasteiger partial charge in [-0.1, -0.05) is 6.07 Å². The van der Waals surface area contributed by atoms with Crippen LogP contribution in [0.2, 0.25) is 0 Å². The van der Waals surface area contributed by atoms with Gasteiger partial charge >= 0.3 is 6.18 Å². The lowest BCUT2D eigenvalue weighted by Crippen LogP contribution is -2.48. The van der Waals surface area contributed by atoms with Gasteiger partial charge in [0.25, 0.3) is 5.69 Å². The van der Waals surface area contributed by atoms with E-state index in [2.05, 4.69) is 15.2 Å². The molecule has 2 heterocycles. The van der Waals surface area contributed by atoms with Crippen molar-refractivity contribution in [2.45, 2.75) is 19.1 Å². The highest BCUT2D eigenvalue weighted by molar-refractivity contribution is 5.77. The highest BCUT2D eigenvalue weighted by atomic mass is 19.4. The van der Waals surface area contributed by atoms with Gasteiger partial charge in [-0.2, -0.15) is 13.2 Å². The van der Waals surface area contributed by atoms with Crippen LogP contribution in [0.25, 0.3) is 0 Å². The maximum atomic E-state index is 12.8. The lowest BCUT2D eigenvalue weighted by Gasteiger charge is -2.34. The number of rotatable bonds is 7. The minimum absolute atomic E-state index is 0.0490. The number of halogens is 3. The summed E-state index contributed by atoms with van der Waals surface area (Å²) in [7, 11) is 0. The molecule has 0 aliphatic carbocycles. The molecule has 0 saturated carbocycles. The second-order valence-corrected chi connectivity index (χ2v) is 7.18. The molecule has 31 heavy (non-hydrogen) atoms. The minimum atomic E-state index is -4.67. The van der Waals surface area contributed by atoms with Crippen molar-refractivity contribution in [3.8, 4) is 0 Å². The van der Waals surface area contributed by atoms with Gasteiger partial charge in [0.05, 0.1) is 10.5 Å². The number of pyridine rings is 1. The highest BCUT2D eigenvalue weighted by Gasteiger charge is 2.33. The predicted molar refractivity (Wildman–Crippen MR) is 107 cm³/mol. The maximum Gasteiger partial charge on any atom is 0.416 e. The molecule has 8 nitrogen and oxygen atoms in total. The molecule has 1 N–H and O–H groups in total. The first-order valence-corrected chi connectivity index (χ1v) is 9.72. The first-order chi connectivity index (χ1) is 14.7. The molecule has 166 valence electrons. The van der Waals surface area contributed by atoms with Crippen LogP contribution in [0.5, 0.6) is 0 Å². The summed E-state index contributed by atoms with van der Waals surface area (Å²) in [5.74, 6) is -0.108. The Balaban J connectivity index is 1.48. The van der Waals surface area contributed by atoms with Crippen LogP contribution in [0.15, 0.2) is 42.7 Å². The number of alkyl halides is 3. The Morgan fingerprint density at radius 3 is 2.55 bits per heavy atom. The zero-order valence-electron chi connectivity index (χ0n) is 16.6. The normalized spacial score (nSPS) is 15.0. The summed E-state index contributed by atoms with van der Waals surface area (Å²) in [6.07, 6.45) is -1.06. The number of piperazine rings is 1. The SMILES string of the molecule is O=C(CCNc1ccc(C(F)(F)F)cc1[N+](=O)[O-])N1CCN(Cc2cccnc2)CC1. The van der Waals surface area contributed by atoms with E-state index in [9.17, 15) is 28.1 Å². The molecule has 0 spiro atoms. The van der Waals surface area contributed by atoms with Gasteiger partial charge in [0.15, 0.2) is 0 Å². The topological polar surface area (TPSA) is 91.6 Å². The van der Waals surface area contributed by atoms with Crippen molar-refractivity contribution in [3.05, 3.63) is 64.0 Å². The van der Waals surface area contributed by atoms with E-state index >= 15 is 0 Å². The molecule has 2 aromatic rings. The van der Waals surface area contributed by atoms with Gasteiger partial charge in [-0.15, -0.1) is 0 Å². The van der Waals surface area contributed by atoms with E-state index in [1.165, 1.54) is 0 Å². The zero-order valence-corrected chi connectivity index (χ0v) is 16.6. The quantitative estimate of drug-likeness (QED) is 0.529. The summed E-state index contributed by atoms with van der Waals surface area (Å²) in [6.45, 7) is 3.42. The van der Waals surface area contributed by atoms with E-state index in [-0.39, 0.29) is 24.6 Å². The number of carbonyl (C=O) groups is 1. The molecular weight excluding hydrogens is 415 g/mol. The second-order valence-electron chi connectivity index (χ2n) is 7.18. The molecule has 0 unspecified atom stereocenters. The van der Waals surface area contributed by atoms with Crippen molar-refractivity contribution in [2.24, 2.45) is 0 Å². The van der Waals surface area contributed by atoms with Crippen LogP contribution >= 0.6 is 0 Å². The van der Waals surface area contributed by atoms with Gasteiger partial charge in [0.1, 0.15) is 5.69 Å². The van der Waals surface area contributed by atoms with Crippen LogP contribution in [0.4, 0.5) is 24.5 Å². The zero-order chi connectivity index (χ0) is 22.4. The van der Waals surface area contributed by atoms with E-state index < -0.39 is 22.4 Å². The lowest BCUT2D eigenvalue weighted by molar-refractivity contribution is -0.384. The third kappa shape index (κ3) is 6.14. The van der Waals surface area contributed by atoms with Crippen LogP contribution in [-0.2, 0) is 17.5 Å². The molecule has 11 heteroatoms. The van der Waals surface area contributed by atoms with Crippen molar-refractivity contribution < 1.29 is 22.9 Å². The average Bonchev–Trinajstić information content (AvgIpc) is 2.74. The number of amides is 1. The van der Waals surface area contributed by atoms with E-state index in [0.29, 0.717) is 19.2 Å². The van der Waals surface area contributed by atoms with Crippen molar-refractivity contribution in [3.63, 3.8) is 0 Å². The number of carbonyl (C=O) groups excluding carboxylic acids is 1. The molecule has 0 radical (unpaired) electrons. The number of nitrogens with one attached hydrogen (secondary N) is 1. The summed E-state index contributed by atoms with van der Waals surface area (Å²) < 4.78 is 38.3. The largest absolute Gasteiger partial charge is 0.416 e. The van der Waals surface area contributed by atoms with Gasteiger partial charge in [-0.25, -0.2) is 0 Å². The molecule has 0 bridgehead atoms. The third-order valence-corrected chi connectivity index (χ3v) is 5.03. The van der Waals surface area contributed by atoms with Gasteiger partial charge < -0.3 is 10.2 Å². The Hall–Kier alpha value is -3.21. The number of nitro groups is 1. The lowest BCUT2D eigenvalue weighted by atomic mass is 10.1. The fourth-order valence-corrected chi connectivity index (χ4v) is 3.38. The van der Waals surface area contributed by atoms with E-state index in [1.54, 1.807) is 11.1 Å². The van der Waals surface area contributed by atoms with Crippen molar-refractivity contribution in [1.82, 2.24) is 14.8 Å². The van der Waals surface area contributed by atoms with Crippen molar-refractivity contribution in [2.75, 3.05) is 38.0 Å². The molecule has 1 amide bonds. The van der Waals surface area contributed by atoms with E-state index in [1.807, 2.05) is 18.3 Å². The molecule has 0 atom stereocenters. The summed E-state index contributed by atoms with van der Waals surface area (Å²) in [5, 5.41) is 13.8. The molecule has 1 saturated heterocycles. The molecular formula is C20H22F3N5O3. The fraction of sp³-hybridized carbons (Fsp3) is 0.400. The number of anilines is 1. The minimum Gasteiger partial charge on any atom is -0.379 e. The van der Waals surface area contributed by atoms with Crippen LogP contribution in [0, 0.1) is 10.1 Å². The number of nitro benzene ring substituents is 1. The highest BCUT2D eigenvalue weighted by Crippen LogP contribution is 2.34. The summed E-state index contributed by atoms with van der Waals surface area (Å²) in [6, 6.07) is 6.16.